The minimum Gasteiger partial charge on any atom is -0.488 e. The fraction of sp³-hybridized carbons (Fsp3) is 0.333. The predicted molar refractivity (Wildman–Crippen MR) is 91.4 cm³/mol. The van der Waals surface area contributed by atoms with Crippen LogP contribution in [-0.4, -0.2) is 12.6 Å². The van der Waals surface area contributed by atoms with Crippen molar-refractivity contribution in [2.45, 2.75) is 33.3 Å². The van der Waals surface area contributed by atoms with E-state index in [1.165, 1.54) is 26.7 Å². The summed E-state index contributed by atoms with van der Waals surface area (Å²) in [4.78, 5) is 0. The van der Waals surface area contributed by atoms with Gasteiger partial charge in [0.2, 0.25) is 0 Å². The number of rotatable bonds is 3. The van der Waals surface area contributed by atoms with Crippen LogP contribution in [0.25, 0.3) is 0 Å². The van der Waals surface area contributed by atoms with Crippen LogP contribution in [-0.2, 0) is 6.42 Å². The minimum atomic E-state index is 0.214. The number of aryl methyl sites for hydroxylation is 3. The zero-order valence-electron chi connectivity index (χ0n) is 12.7. The molecule has 0 spiro atoms. The third-order valence-corrected chi connectivity index (χ3v) is 5.18. The summed E-state index contributed by atoms with van der Waals surface area (Å²) in [5, 5.41) is 3.50. The summed E-state index contributed by atoms with van der Waals surface area (Å²) in [6, 6.07) is 10.8. The van der Waals surface area contributed by atoms with Crippen LogP contribution < -0.4 is 10.1 Å². The second-order valence-electron chi connectivity index (χ2n) is 5.86. The lowest BCUT2D eigenvalue weighted by atomic mass is 10.1. The minimum absolute atomic E-state index is 0.214. The van der Waals surface area contributed by atoms with E-state index in [9.17, 15) is 0 Å². The predicted octanol–water partition coefficient (Wildman–Crippen LogP) is 4.79. The zero-order valence-corrected chi connectivity index (χ0v) is 14.3. The molecule has 1 N–H and O–H groups in total. The number of benzene rings is 2. The highest BCUT2D eigenvalue weighted by atomic mass is 79.9. The molecule has 1 aliphatic heterocycles. The van der Waals surface area contributed by atoms with Crippen LogP contribution in [0.4, 0.5) is 5.69 Å². The number of hydrogen-bond donors (Lipinski definition) is 1. The van der Waals surface area contributed by atoms with Crippen LogP contribution in [0, 0.1) is 20.8 Å². The van der Waals surface area contributed by atoms with Gasteiger partial charge in [0.05, 0.1) is 6.54 Å². The van der Waals surface area contributed by atoms with E-state index in [-0.39, 0.29) is 6.10 Å². The molecule has 0 bridgehead atoms. The van der Waals surface area contributed by atoms with Crippen LogP contribution in [0.1, 0.15) is 22.3 Å². The molecule has 1 unspecified atom stereocenters. The molecule has 2 aromatic rings. The standard InChI is InChI=1S/C18H20BrNO/c1-11-4-5-17-14(6-11)9-16(21-17)10-20-15-7-12(2)18(19)13(3)8-15/h4-8,16,20H,9-10H2,1-3H3. The Balaban J connectivity index is 1.65. The van der Waals surface area contributed by atoms with Crippen molar-refractivity contribution >= 4 is 21.6 Å². The van der Waals surface area contributed by atoms with Gasteiger partial charge >= 0.3 is 0 Å². The molecule has 1 atom stereocenters. The van der Waals surface area contributed by atoms with Gasteiger partial charge in [-0.05, 0) is 55.7 Å². The van der Waals surface area contributed by atoms with Crippen molar-refractivity contribution in [3.05, 3.63) is 57.1 Å². The normalized spacial score (nSPS) is 16.5. The maximum Gasteiger partial charge on any atom is 0.123 e. The summed E-state index contributed by atoms with van der Waals surface area (Å²) in [5.41, 5.74) is 6.28. The molecule has 3 heteroatoms. The largest absolute Gasteiger partial charge is 0.488 e. The molecule has 1 aliphatic rings. The van der Waals surface area contributed by atoms with Gasteiger partial charge in [0.1, 0.15) is 11.9 Å². The van der Waals surface area contributed by atoms with Crippen molar-refractivity contribution < 1.29 is 4.74 Å². The summed E-state index contributed by atoms with van der Waals surface area (Å²) in [6.45, 7) is 7.19. The molecule has 110 valence electrons. The lowest BCUT2D eigenvalue weighted by Gasteiger charge is -2.14. The summed E-state index contributed by atoms with van der Waals surface area (Å²) in [5.74, 6) is 1.04. The summed E-state index contributed by atoms with van der Waals surface area (Å²) >= 11 is 3.60. The van der Waals surface area contributed by atoms with E-state index >= 15 is 0 Å². The Bertz CT molecular complexity index is 658. The highest BCUT2D eigenvalue weighted by molar-refractivity contribution is 9.10. The van der Waals surface area contributed by atoms with E-state index < -0.39 is 0 Å². The first kappa shape index (κ1) is 14.5. The number of nitrogens with one attached hydrogen (secondary N) is 1. The van der Waals surface area contributed by atoms with E-state index in [0.717, 1.165) is 24.4 Å². The lowest BCUT2D eigenvalue weighted by molar-refractivity contribution is 0.246. The Morgan fingerprint density at radius 1 is 1.14 bits per heavy atom. The van der Waals surface area contributed by atoms with E-state index in [4.69, 9.17) is 4.74 Å². The first-order valence-electron chi connectivity index (χ1n) is 7.30. The van der Waals surface area contributed by atoms with Gasteiger partial charge in [0.25, 0.3) is 0 Å². The van der Waals surface area contributed by atoms with Gasteiger partial charge in [-0.2, -0.15) is 0 Å². The molecule has 0 aliphatic carbocycles. The van der Waals surface area contributed by atoms with Crippen LogP contribution in [0.15, 0.2) is 34.8 Å². The Hall–Kier alpha value is -1.48. The smallest absolute Gasteiger partial charge is 0.123 e. The van der Waals surface area contributed by atoms with Crippen molar-refractivity contribution in [1.82, 2.24) is 0 Å². The maximum absolute atomic E-state index is 6.00. The zero-order chi connectivity index (χ0) is 15.0. The second kappa shape index (κ2) is 5.72. The Labute approximate surface area is 134 Å². The average molecular weight is 346 g/mol. The van der Waals surface area contributed by atoms with E-state index in [0.29, 0.717) is 0 Å². The molecule has 0 radical (unpaired) electrons. The van der Waals surface area contributed by atoms with Crippen LogP contribution in [0.3, 0.4) is 0 Å². The van der Waals surface area contributed by atoms with E-state index in [2.05, 4.69) is 72.3 Å². The Morgan fingerprint density at radius 2 is 1.86 bits per heavy atom. The number of ether oxygens (including phenoxy) is 1. The SMILES string of the molecule is Cc1ccc2c(c1)CC(CNc1cc(C)c(Br)c(C)c1)O2. The number of halogens is 1. The van der Waals surface area contributed by atoms with Gasteiger partial charge in [0.15, 0.2) is 0 Å². The van der Waals surface area contributed by atoms with Gasteiger partial charge < -0.3 is 10.1 Å². The molecule has 21 heavy (non-hydrogen) atoms. The van der Waals surface area contributed by atoms with Gasteiger partial charge in [-0.25, -0.2) is 0 Å². The summed E-state index contributed by atoms with van der Waals surface area (Å²) in [6.07, 6.45) is 1.20. The maximum atomic E-state index is 6.00. The van der Waals surface area contributed by atoms with Crippen LogP contribution >= 0.6 is 15.9 Å². The Morgan fingerprint density at radius 3 is 2.57 bits per heavy atom. The molecule has 3 rings (SSSR count). The third-order valence-electron chi connectivity index (χ3n) is 3.93. The van der Waals surface area contributed by atoms with Gasteiger partial charge in [0, 0.05) is 16.6 Å². The molecule has 2 aromatic carbocycles. The molecule has 0 amide bonds. The fourth-order valence-corrected chi connectivity index (χ4v) is 3.07. The molecule has 2 nitrogen and oxygen atoms in total. The third kappa shape index (κ3) is 3.08. The molecule has 0 saturated heterocycles. The molecule has 0 aromatic heterocycles. The molecule has 0 fully saturated rings. The molecule has 1 heterocycles. The highest BCUT2D eigenvalue weighted by Gasteiger charge is 2.22. The molecular weight excluding hydrogens is 326 g/mol. The number of anilines is 1. The quantitative estimate of drug-likeness (QED) is 0.863. The fourth-order valence-electron chi connectivity index (χ4n) is 2.84. The highest BCUT2D eigenvalue weighted by Crippen LogP contribution is 2.30. The number of hydrogen-bond acceptors (Lipinski definition) is 2. The van der Waals surface area contributed by atoms with Crippen LogP contribution in [0.2, 0.25) is 0 Å². The van der Waals surface area contributed by atoms with Crippen molar-refractivity contribution in [3.8, 4) is 5.75 Å². The molecular formula is C18H20BrNO. The van der Waals surface area contributed by atoms with Gasteiger partial charge in [-0.1, -0.05) is 33.6 Å². The summed E-state index contributed by atoms with van der Waals surface area (Å²) < 4.78 is 7.18. The van der Waals surface area contributed by atoms with E-state index in [1.807, 2.05) is 0 Å². The lowest BCUT2D eigenvalue weighted by Crippen LogP contribution is -2.24. The van der Waals surface area contributed by atoms with Crippen molar-refractivity contribution in [3.63, 3.8) is 0 Å². The topological polar surface area (TPSA) is 21.3 Å². The van der Waals surface area contributed by atoms with Gasteiger partial charge in [-0.3, -0.25) is 0 Å². The van der Waals surface area contributed by atoms with Crippen molar-refractivity contribution in [2.24, 2.45) is 0 Å². The first-order valence-corrected chi connectivity index (χ1v) is 8.09. The second-order valence-corrected chi connectivity index (χ2v) is 6.65. The van der Waals surface area contributed by atoms with E-state index in [1.54, 1.807) is 0 Å². The van der Waals surface area contributed by atoms with Crippen molar-refractivity contribution in [2.75, 3.05) is 11.9 Å². The first-order chi connectivity index (χ1) is 10.0. The van der Waals surface area contributed by atoms with Crippen LogP contribution in [0.5, 0.6) is 5.75 Å². The summed E-state index contributed by atoms with van der Waals surface area (Å²) in [7, 11) is 0. The Kier molecular flexibility index (Phi) is 3.94. The van der Waals surface area contributed by atoms with Crippen molar-refractivity contribution in [1.29, 1.82) is 0 Å². The average Bonchev–Trinajstić information content (AvgIpc) is 2.84. The molecule has 0 saturated carbocycles. The number of fused-ring (bicyclic) bond motifs is 1. The van der Waals surface area contributed by atoms with Gasteiger partial charge in [-0.15, -0.1) is 0 Å². The monoisotopic (exact) mass is 345 g/mol.